The second kappa shape index (κ2) is 4.60. The number of phenols is 1. The van der Waals surface area contributed by atoms with Gasteiger partial charge in [-0.2, -0.15) is 0 Å². The largest absolute Gasteiger partial charge is 0.508 e. The van der Waals surface area contributed by atoms with Crippen LogP contribution in [0.25, 0.3) is 10.9 Å². The molecule has 5 heteroatoms. The number of hydrogen-bond donors (Lipinski definition) is 2. The topological polar surface area (TPSA) is 65.7 Å². The molecule has 1 aromatic heterocycles. The summed E-state index contributed by atoms with van der Waals surface area (Å²) in [5.74, 6) is 0.232. The van der Waals surface area contributed by atoms with E-state index < -0.39 is 6.09 Å². The number of benzene rings is 1. The van der Waals surface area contributed by atoms with Crippen molar-refractivity contribution in [2.75, 3.05) is 7.05 Å². The molecule has 0 aliphatic heterocycles. The van der Waals surface area contributed by atoms with E-state index in [1.54, 1.807) is 19.2 Å². The number of rotatable bonds is 3. The maximum atomic E-state index is 10.9. The zero-order chi connectivity index (χ0) is 13.3. The van der Waals surface area contributed by atoms with Gasteiger partial charge >= 0.3 is 6.09 Å². The summed E-state index contributed by atoms with van der Waals surface area (Å²) in [6.45, 7) is 2.44. The average Bonchev–Trinajstić information content (AvgIpc) is 2.70. The SMILES string of the molecule is C[C@H](Cn1ccc2cc(O)ccc21)N(C)C(=O)O. The van der Waals surface area contributed by atoms with Gasteiger partial charge in [0.1, 0.15) is 5.75 Å². The van der Waals surface area contributed by atoms with Gasteiger partial charge in [-0.15, -0.1) is 0 Å². The number of carbonyl (C=O) groups is 1. The van der Waals surface area contributed by atoms with E-state index >= 15 is 0 Å². The lowest BCUT2D eigenvalue weighted by atomic mass is 10.2. The van der Waals surface area contributed by atoms with Crippen LogP contribution in [0, 0.1) is 0 Å². The summed E-state index contributed by atoms with van der Waals surface area (Å²) in [4.78, 5) is 12.1. The predicted molar refractivity (Wildman–Crippen MR) is 68.9 cm³/mol. The number of carboxylic acid groups (broad SMARTS) is 1. The Balaban J connectivity index is 2.24. The van der Waals surface area contributed by atoms with E-state index in [-0.39, 0.29) is 11.8 Å². The van der Waals surface area contributed by atoms with Crippen LogP contribution >= 0.6 is 0 Å². The Hall–Kier alpha value is -2.17. The lowest BCUT2D eigenvalue weighted by Crippen LogP contribution is -2.36. The van der Waals surface area contributed by atoms with Crippen molar-refractivity contribution < 1.29 is 15.0 Å². The predicted octanol–water partition coefficient (Wildman–Crippen LogP) is 2.35. The number of likely N-dealkylation sites (N-methyl/N-ethyl adjacent to an activating group) is 1. The highest BCUT2D eigenvalue weighted by atomic mass is 16.4. The second-order valence-corrected chi connectivity index (χ2v) is 4.45. The lowest BCUT2D eigenvalue weighted by molar-refractivity contribution is 0.138. The minimum absolute atomic E-state index is 0.119. The minimum Gasteiger partial charge on any atom is -0.508 e. The molecule has 0 unspecified atom stereocenters. The van der Waals surface area contributed by atoms with E-state index in [4.69, 9.17) is 5.11 Å². The molecule has 0 fully saturated rings. The normalized spacial score (nSPS) is 12.6. The molecule has 2 N–H and O–H groups in total. The maximum absolute atomic E-state index is 10.9. The fourth-order valence-electron chi connectivity index (χ4n) is 1.94. The zero-order valence-corrected chi connectivity index (χ0v) is 10.4. The zero-order valence-electron chi connectivity index (χ0n) is 10.4. The van der Waals surface area contributed by atoms with Crippen LogP contribution in [0.4, 0.5) is 4.79 Å². The Morgan fingerprint density at radius 3 is 2.83 bits per heavy atom. The molecule has 1 amide bonds. The third-order valence-corrected chi connectivity index (χ3v) is 3.18. The molecule has 18 heavy (non-hydrogen) atoms. The van der Waals surface area contributed by atoms with E-state index in [1.165, 1.54) is 4.90 Å². The quantitative estimate of drug-likeness (QED) is 0.876. The standard InChI is InChI=1S/C13H16N2O3/c1-9(14(2)13(17)18)8-15-6-5-10-7-11(16)3-4-12(10)15/h3-7,9,16H,8H2,1-2H3,(H,17,18)/t9-/m1/s1. The highest BCUT2D eigenvalue weighted by Gasteiger charge is 2.15. The molecular formula is C13H16N2O3. The summed E-state index contributed by atoms with van der Waals surface area (Å²) in [6.07, 6.45) is 0.965. The van der Waals surface area contributed by atoms with Crippen LogP contribution in [0.5, 0.6) is 5.75 Å². The number of amides is 1. The van der Waals surface area contributed by atoms with Gasteiger partial charge in [-0.25, -0.2) is 4.79 Å². The molecule has 5 nitrogen and oxygen atoms in total. The fraction of sp³-hybridized carbons (Fsp3) is 0.308. The molecular weight excluding hydrogens is 232 g/mol. The summed E-state index contributed by atoms with van der Waals surface area (Å²) >= 11 is 0. The lowest BCUT2D eigenvalue weighted by Gasteiger charge is -2.22. The third-order valence-electron chi connectivity index (χ3n) is 3.18. The summed E-state index contributed by atoms with van der Waals surface area (Å²) in [6, 6.07) is 6.94. The molecule has 1 aromatic carbocycles. The van der Waals surface area contributed by atoms with Crippen molar-refractivity contribution in [3.05, 3.63) is 30.5 Å². The van der Waals surface area contributed by atoms with E-state index in [2.05, 4.69) is 0 Å². The van der Waals surface area contributed by atoms with Gasteiger partial charge in [0, 0.05) is 36.7 Å². The Bertz CT molecular complexity index is 577. The molecule has 96 valence electrons. The van der Waals surface area contributed by atoms with Crippen molar-refractivity contribution in [3.63, 3.8) is 0 Å². The van der Waals surface area contributed by atoms with Gasteiger partial charge in [-0.05, 0) is 31.2 Å². The average molecular weight is 248 g/mol. The van der Waals surface area contributed by atoms with Gasteiger partial charge in [0.15, 0.2) is 0 Å². The van der Waals surface area contributed by atoms with Gasteiger partial charge in [0.05, 0.1) is 0 Å². The minimum atomic E-state index is -0.934. The van der Waals surface area contributed by atoms with Crippen molar-refractivity contribution in [2.24, 2.45) is 0 Å². The van der Waals surface area contributed by atoms with E-state index in [0.29, 0.717) is 6.54 Å². The van der Waals surface area contributed by atoms with Gasteiger partial charge in [0.2, 0.25) is 0 Å². The molecule has 0 spiro atoms. The molecule has 1 atom stereocenters. The Kier molecular flexibility index (Phi) is 3.14. The van der Waals surface area contributed by atoms with Crippen LogP contribution in [0.15, 0.2) is 30.5 Å². The molecule has 0 saturated heterocycles. The van der Waals surface area contributed by atoms with E-state index in [9.17, 15) is 9.90 Å². The highest BCUT2D eigenvalue weighted by molar-refractivity contribution is 5.81. The highest BCUT2D eigenvalue weighted by Crippen LogP contribution is 2.21. The van der Waals surface area contributed by atoms with Crippen molar-refractivity contribution in [2.45, 2.75) is 19.5 Å². The first-order valence-electron chi connectivity index (χ1n) is 5.72. The van der Waals surface area contributed by atoms with Crippen LogP contribution in [-0.4, -0.2) is 38.9 Å². The molecule has 2 aromatic rings. The van der Waals surface area contributed by atoms with Gasteiger partial charge < -0.3 is 19.7 Å². The number of aromatic hydroxyl groups is 1. The van der Waals surface area contributed by atoms with Crippen LogP contribution in [0.1, 0.15) is 6.92 Å². The van der Waals surface area contributed by atoms with Crippen LogP contribution in [0.2, 0.25) is 0 Å². The maximum Gasteiger partial charge on any atom is 0.407 e. The molecule has 1 heterocycles. The fourth-order valence-corrected chi connectivity index (χ4v) is 1.94. The molecule has 0 radical (unpaired) electrons. The Morgan fingerprint density at radius 1 is 1.44 bits per heavy atom. The summed E-state index contributed by atoms with van der Waals surface area (Å²) in [5, 5.41) is 19.2. The van der Waals surface area contributed by atoms with Crippen LogP contribution in [-0.2, 0) is 6.54 Å². The molecule has 2 rings (SSSR count). The molecule has 0 saturated carbocycles. The van der Waals surface area contributed by atoms with Crippen molar-refractivity contribution in [1.29, 1.82) is 0 Å². The number of nitrogens with zero attached hydrogens (tertiary/aromatic N) is 2. The Morgan fingerprint density at radius 2 is 2.17 bits per heavy atom. The Labute approximate surface area is 105 Å². The van der Waals surface area contributed by atoms with Crippen LogP contribution < -0.4 is 0 Å². The van der Waals surface area contributed by atoms with Crippen molar-refractivity contribution >= 4 is 17.0 Å². The summed E-state index contributed by atoms with van der Waals surface area (Å²) in [5.41, 5.74) is 0.985. The molecule has 0 bridgehead atoms. The first-order chi connectivity index (χ1) is 8.49. The van der Waals surface area contributed by atoms with Gasteiger partial charge in [0.25, 0.3) is 0 Å². The first kappa shape index (κ1) is 12.3. The summed E-state index contributed by atoms with van der Waals surface area (Å²) < 4.78 is 1.98. The van der Waals surface area contributed by atoms with Gasteiger partial charge in [-0.3, -0.25) is 0 Å². The second-order valence-electron chi connectivity index (χ2n) is 4.45. The first-order valence-corrected chi connectivity index (χ1v) is 5.72. The van der Waals surface area contributed by atoms with Crippen molar-refractivity contribution in [3.8, 4) is 5.75 Å². The molecule has 0 aliphatic carbocycles. The number of aromatic nitrogens is 1. The van der Waals surface area contributed by atoms with E-state index in [1.807, 2.05) is 29.8 Å². The monoisotopic (exact) mass is 248 g/mol. The van der Waals surface area contributed by atoms with Crippen LogP contribution in [0.3, 0.4) is 0 Å². The third kappa shape index (κ3) is 2.25. The van der Waals surface area contributed by atoms with Crippen molar-refractivity contribution in [1.82, 2.24) is 9.47 Å². The smallest absolute Gasteiger partial charge is 0.407 e. The molecule has 0 aliphatic rings. The number of phenolic OH excluding ortho intramolecular Hbond substituents is 1. The van der Waals surface area contributed by atoms with E-state index in [0.717, 1.165) is 10.9 Å². The number of fused-ring (bicyclic) bond motifs is 1. The summed E-state index contributed by atoms with van der Waals surface area (Å²) in [7, 11) is 1.56. The van der Waals surface area contributed by atoms with Gasteiger partial charge in [-0.1, -0.05) is 0 Å². The number of hydrogen-bond acceptors (Lipinski definition) is 2.